The molecule has 0 aromatic heterocycles. The molecule has 208 valence electrons. The van der Waals surface area contributed by atoms with Crippen LogP contribution < -0.4 is 9.47 Å². The van der Waals surface area contributed by atoms with E-state index in [-0.39, 0.29) is 40.1 Å². The second-order valence-corrected chi connectivity index (χ2v) is 9.55. The van der Waals surface area contributed by atoms with Crippen molar-refractivity contribution in [2.24, 2.45) is 0 Å². The molecule has 40 heavy (non-hydrogen) atoms. The highest BCUT2D eigenvalue weighted by Crippen LogP contribution is 2.41. The Balaban J connectivity index is 1.61. The molecular formula is C26H17ClF4N2O6S. The van der Waals surface area contributed by atoms with Gasteiger partial charge >= 0.3 is 11.9 Å². The molecule has 0 spiro atoms. The van der Waals surface area contributed by atoms with E-state index in [0.717, 1.165) is 17.0 Å². The van der Waals surface area contributed by atoms with E-state index >= 15 is 0 Å². The molecule has 0 atom stereocenters. The van der Waals surface area contributed by atoms with E-state index in [1.807, 2.05) is 0 Å². The minimum atomic E-state index is -4.79. The smallest absolute Gasteiger partial charge is 0.416 e. The van der Waals surface area contributed by atoms with Crippen molar-refractivity contribution >= 4 is 46.3 Å². The number of rotatable bonds is 8. The summed E-state index contributed by atoms with van der Waals surface area (Å²) in [5, 5.41) is 10.8. The van der Waals surface area contributed by atoms with Crippen molar-refractivity contribution in [2.45, 2.75) is 19.6 Å². The molecule has 0 bridgehead atoms. The maximum absolute atomic E-state index is 14.2. The zero-order valence-corrected chi connectivity index (χ0v) is 21.9. The Morgan fingerprint density at radius 3 is 2.45 bits per heavy atom. The molecule has 8 nitrogen and oxygen atoms in total. The summed E-state index contributed by atoms with van der Waals surface area (Å²) in [7, 11) is 0. The first-order valence-electron chi connectivity index (χ1n) is 11.4. The van der Waals surface area contributed by atoms with Crippen molar-refractivity contribution < 1.29 is 41.5 Å². The minimum absolute atomic E-state index is 0.00906. The van der Waals surface area contributed by atoms with Crippen LogP contribution in [0.15, 0.2) is 59.5 Å². The summed E-state index contributed by atoms with van der Waals surface area (Å²) >= 11 is 6.66. The lowest BCUT2D eigenvalue weighted by molar-refractivity contribution is -0.385. The van der Waals surface area contributed by atoms with Crippen molar-refractivity contribution in [3.8, 4) is 17.2 Å². The Hall–Kier alpha value is -4.10. The molecule has 1 aliphatic heterocycles. The molecule has 0 aliphatic carbocycles. The number of nitrogens with zero attached hydrogens (tertiary/aromatic N) is 2. The van der Waals surface area contributed by atoms with Crippen LogP contribution in [-0.2, 0) is 17.5 Å². The first-order chi connectivity index (χ1) is 18.9. The van der Waals surface area contributed by atoms with Crippen molar-refractivity contribution in [2.75, 3.05) is 6.61 Å². The lowest BCUT2D eigenvalue weighted by atomic mass is 10.1. The normalized spacial score (nSPS) is 14.7. The molecule has 0 radical (unpaired) electrons. The Bertz CT molecular complexity index is 1530. The summed E-state index contributed by atoms with van der Waals surface area (Å²) in [6.07, 6.45) is -3.40. The number of alkyl halides is 3. The van der Waals surface area contributed by atoms with Crippen LogP contribution in [0.1, 0.15) is 23.6 Å². The van der Waals surface area contributed by atoms with E-state index in [1.54, 1.807) is 6.92 Å². The van der Waals surface area contributed by atoms with E-state index < -0.39 is 45.1 Å². The molecule has 0 unspecified atom stereocenters. The van der Waals surface area contributed by atoms with Crippen molar-refractivity contribution in [3.63, 3.8) is 0 Å². The van der Waals surface area contributed by atoms with Gasteiger partial charge in [0.15, 0.2) is 11.5 Å². The number of amides is 2. The molecule has 14 heteroatoms. The number of thioether (sulfide) groups is 1. The van der Waals surface area contributed by atoms with Gasteiger partial charge in [-0.15, -0.1) is 0 Å². The third-order valence-corrected chi connectivity index (χ3v) is 6.78. The number of benzene rings is 3. The topological polar surface area (TPSA) is 99.0 Å². The lowest BCUT2D eigenvalue weighted by Gasteiger charge is -2.14. The molecule has 1 saturated heterocycles. The highest BCUT2D eigenvalue weighted by molar-refractivity contribution is 8.18. The zero-order chi connectivity index (χ0) is 29.2. The third-order valence-electron chi connectivity index (χ3n) is 5.52. The SMILES string of the molecule is CCOc1cc(/C=C2/SC(=O)N(Cc3c(F)cccc3Cl)C2=O)ccc1Oc1ccc(C(F)(F)F)cc1[N+](=O)[O-]. The average molecular weight is 597 g/mol. The van der Waals surface area contributed by atoms with Crippen LogP contribution >= 0.6 is 23.4 Å². The highest BCUT2D eigenvalue weighted by atomic mass is 35.5. The number of carbonyl (C=O) groups excluding carboxylic acids is 2. The highest BCUT2D eigenvalue weighted by Gasteiger charge is 2.36. The number of ether oxygens (including phenoxy) is 2. The summed E-state index contributed by atoms with van der Waals surface area (Å²) in [5.41, 5.74) is -1.74. The standard InChI is InChI=1S/C26H17ClF4N2O6S/c1-2-38-22-10-14(6-8-21(22)39-20-9-7-15(26(29,30)31)12-19(20)33(36)37)11-23-24(34)32(25(35)40-23)13-16-17(27)4-3-5-18(16)28/h3-12H,2,13H2,1H3/b23-11+. The lowest BCUT2D eigenvalue weighted by Crippen LogP contribution is -2.28. The number of carbonyl (C=O) groups is 2. The molecule has 4 rings (SSSR count). The molecule has 0 saturated carbocycles. The van der Waals surface area contributed by atoms with Gasteiger partial charge < -0.3 is 9.47 Å². The Morgan fingerprint density at radius 1 is 1.07 bits per heavy atom. The summed E-state index contributed by atoms with van der Waals surface area (Å²) in [5.74, 6) is -1.75. The fourth-order valence-electron chi connectivity index (χ4n) is 3.64. The summed E-state index contributed by atoms with van der Waals surface area (Å²) in [6.45, 7) is 1.42. The monoisotopic (exact) mass is 596 g/mol. The summed E-state index contributed by atoms with van der Waals surface area (Å²) < 4.78 is 64.4. The van der Waals surface area contributed by atoms with E-state index in [4.69, 9.17) is 21.1 Å². The predicted octanol–water partition coefficient (Wildman–Crippen LogP) is 7.83. The van der Waals surface area contributed by atoms with Crippen LogP contribution in [0.25, 0.3) is 6.08 Å². The van der Waals surface area contributed by atoms with Crippen molar-refractivity contribution in [3.05, 3.63) is 97.1 Å². The second kappa shape index (κ2) is 11.6. The van der Waals surface area contributed by atoms with Crippen molar-refractivity contribution in [1.82, 2.24) is 4.90 Å². The molecule has 2 amide bonds. The number of hydrogen-bond acceptors (Lipinski definition) is 7. The van der Waals surface area contributed by atoms with Gasteiger partial charge in [0.1, 0.15) is 5.82 Å². The summed E-state index contributed by atoms with van der Waals surface area (Å²) in [6, 6.07) is 10.1. The Labute approximate surface area is 233 Å². The first-order valence-corrected chi connectivity index (χ1v) is 12.6. The third kappa shape index (κ3) is 6.20. The minimum Gasteiger partial charge on any atom is -0.490 e. The number of hydrogen-bond donors (Lipinski definition) is 0. The number of imide groups is 1. The van der Waals surface area contributed by atoms with Crippen molar-refractivity contribution in [1.29, 1.82) is 0 Å². The van der Waals surface area contributed by atoms with Gasteiger partial charge in [-0.25, -0.2) is 4.39 Å². The Morgan fingerprint density at radius 2 is 1.80 bits per heavy atom. The molecule has 3 aromatic rings. The van der Waals surface area contributed by atoms with Gasteiger partial charge in [-0.3, -0.25) is 24.6 Å². The van der Waals surface area contributed by atoms with E-state index in [1.165, 1.54) is 36.4 Å². The zero-order valence-electron chi connectivity index (χ0n) is 20.3. The first kappa shape index (κ1) is 28.9. The van der Waals surface area contributed by atoms with Crippen LogP contribution in [0.3, 0.4) is 0 Å². The Kier molecular flexibility index (Phi) is 8.35. The van der Waals surface area contributed by atoms with Gasteiger partial charge in [0, 0.05) is 16.7 Å². The van der Waals surface area contributed by atoms with Gasteiger partial charge in [-0.2, -0.15) is 13.2 Å². The quantitative estimate of drug-likeness (QED) is 0.113. The second-order valence-electron chi connectivity index (χ2n) is 8.15. The molecule has 1 aliphatic rings. The summed E-state index contributed by atoms with van der Waals surface area (Å²) in [4.78, 5) is 36.7. The molecule has 1 fully saturated rings. The average Bonchev–Trinajstić information content (AvgIpc) is 3.14. The van der Waals surface area contributed by atoms with E-state index in [0.29, 0.717) is 29.5 Å². The molecule has 3 aromatic carbocycles. The molecule has 1 heterocycles. The van der Waals surface area contributed by atoms with E-state index in [2.05, 4.69) is 0 Å². The van der Waals surface area contributed by atoms with Gasteiger partial charge in [-0.05, 0) is 66.7 Å². The molecule has 0 N–H and O–H groups in total. The van der Waals surface area contributed by atoms with Gasteiger partial charge in [0.25, 0.3) is 11.1 Å². The van der Waals surface area contributed by atoms with Crippen LogP contribution in [0.2, 0.25) is 5.02 Å². The number of nitro groups is 1. The fourth-order valence-corrected chi connectivity index (χ4v) is 4.70. The van der Waals surface area contributed by atoms with Gasteiger partial charge in [0.2, 0.25) is 5.75 Å². The van der Waals surface area contributed by atoms with Gasteiger partial charge in [0.05, 0.1) is 28.5 Å². The van der Waals surface area contributed by atoms with Gasteiger partial charge in [-0.1, -0.05) is 23.7 Å². The number of nitro benzene ring substituents is 1. The van der Waals surface area contributed by atoms with Crippen LogP contribution in [-0.4, -0.2) is 27.6 Å². The van der Waals surface area contributed by atoms with Crippen LogP contribution in [0, 0.1) is 15.9 Å². The largest absolute Gasteiger partial charge is 0.490 e. The molecular weight excluding hydrogens is 580 g/mol. The maximum atomic E-state index is 14.2. The van der Waals surface area contributed by atoms with Crippen LogP contribution in [0.5, 0.6) is 17.2 Å². The fraction of sp³-hybridized carbons (Fsp3) is 0.154. The van der Waals surface area contributed by atoms with E-state index in [9.17, 15) is 37.3 Å². The van der Waals surface area contributed by atoms with Crippen LogP contribution in [0.4, 0.5) is 28.0 Å². The predicted molar refractivity (Wildman–Crippen MR) is 139 cm³/mol. The number of halogens is 5. The maximum Gasteiger partial charge on any atom is 0.416 e.